The minimum Gasteiger partial charge on any atom is -0.486 e. The van der Waals surface area contributed by atoms with E-state index in [2.05, 4.69) is 16.4 Å². The Kier molecular flexibility index (Phi) is 5.40. The van der Waals surface area contributed by atoms with Crippen molar-refractivity contribution in [2.24, 2.45) is 0 Å². The van der Waals surface area contributed by atoms with E-state index in [4.69, 9.17) is 9.47 Å². The highest BCUT2D eigenvalue weighted by atomic mass is 32.1. The normalized spacial score (nSPS) is 10.7. The number of benzene rings is 2. The zero-order valence-corrected chi connectivity index (χ0v) is 14.1. The molecule has 0 radical (unpaired) electrons. The molecule has 3 aromatic rings. The van der Waals surface area contributed by atoms with Crippen molar-refractivity contribution in [2.75, 3.05) is 19.0 Å². The number of amides is 1. The Morgan fingerprint density at radius 2 is 1.96 bits per heavy atom. The number of carbonyl (C=O) groups excluding carboxylic acids is 1. The number of nitrogens with zero attached hydrogens (tertiary/aromatic N) is 1. The van der Waals surface area contributed by atoms with Crippen LogP contribution in [0, 0.1) is 0 Å². The summed E-state index contributed by atoms with van der Waals surface area (Å²) in [5.74, 6) is 0.671. The van der Waals surface area contributed by atoms with Crippen molar-refractivity contribution in [1.82, 2.24) is 4.98 Å². The SMILES string of the molecule is COCCC(=O)Nc1ccc(OCc2nc3ccccc3s2)cc1. The molecule has 0 fully saturated rings. The molecule has 2 aromatic carbocycles. The summed E-state index contributed by atoms with van der Waals surface area (Å²) in [5, 5.41) is 3.75. The molecule has 0 aliphatic carbocycles. The molecule has 0 spiro atoms. The van der Waals surface area contributed by atoms with Gasteiger partial charge in [0.05, 0.1) is 23.2 Å². The quantitative estimate of drug-likeness (QED) is 0.708. The highest BCUT2D eigenvalue weighted by molar-refractivity contribution is 7.18. The lowest BCUT2D eigenvalue weighted by molar-refractivity contribution is -0.117. The maximum atomic E-state index is 11.6. The molecule has 1 amide bonds. The molecule has 1 N–H and O–H groups in total. The van der Waals surface area contributed by atoms with Crippen molar-refractivity contribution >= 4 is 33.1 Å². The van der Waals surface area contributed by atoms with E-state index in [-0.39, 0.29) is 5.91 Å². The maximum Gasteiger partial charge on any atom is 0.226 e. The monoisotopic (exact) mass is 342 g/mol. The fourth-order valence-corrected chi connectivity index (χ4v) is 3.06. The number of anilines is 1. The molecule has 0 atom stereocenters. The second-order valence-electron chi connectivity index (χ2n) is 5.18. The van der Waals surface area contributed by atoms with E-state index in [1.165, 1.54) is 0 Å². The van der Waals surface area contributed by atoms with Gasteiger partial charge in [0.25, 0.3) is 0 Å². The Morgan fingerprint density at radius 1 is 1.17 bits per heavy atom. The molecule has 1 aromatic heterocycles. The minimum absolute atomic E-state index is 0.0695. The summed E-state index contributed by atoms with van der Waals surface area (Å²) in [7, 11) is 1.57. The number of carbonyl (C=O) groups is 1. The number of ether oxygens (including phenoxy) is 2. The fraction of sp³-hybridized carbons (Fsp3) is 0.222. The average molecular weight is 342 g/mol. The predicted molar refractivity (Wildman–Crippen MR) is 95.5 cm³/mol. The van der Waals surface area contributed by atoms with Gasteiger partial charge in [-0.25, -0.2) is 4.98 Å². The Labute approximate surface area is 144 Å². The van der Waals surface area contributed by atoms with Crippen molar-refractivity contribution < 1.29 is 14.3 Å². The van der Waals surface area contributed by atoms with Crippen LogP contribution in [0.25, 0.3) is 10.2 Å². The van der Waals surface area contributed by atoms with Gasteiger partial charge in [-0.05, 0) is 36.4 Å². The molecule has 0 saturated heterocycles. The van der Waals surface area contributed by atoms with Crippen LogP contribution in [0.1, 0.15) is 11.4 Å². The van der Waals surface area contributed by atoms with Gasteiger partial charge in [-0.1, -0.05) is 12.1 Å². The van der Waals surface area contributed by atoms with E-state index >= 15 is 0 Å². The van der Waals surface area contributed by atoms with E-state index in [9.17, 15) is 4.79 Å². The molecular weight excluding hydrogens is 324 g/mol. The number of para-hydroxylation sites is 1. The topological polar surface area (TPSA) is 60.5 Å². The molecule has 0 bridgehead atoms. The highest BCUT2D eigenvalue weighted by Gasteiger charge is 2.05. The fourth-order valence-electron chi connectivity index (χ4n) is 2.18. The zero-order chi connectivity index (χ0) is 16.8. The van der Waals surface area contributed by atoms with E-state index in [1.807, 2.05) is 42.5 Å². The third-order valence-corrected chi connectivity index (χ3v) is 4.38. The van der Waals surface area contributed by atoms with Crippen LogP contribution in [-0.4, -0.2) is 24.6 Å². The van der Waals surface area contributed by atoms with Crippen molar-refractivity contribution in [1.29, 1.82) is 0 Å². The average Bonchev–Trinajstić information content (AvgIpc) is 3.02. The number of thiazole rings is 1. The number of rotatable bonds is 7. The standard InChI is InChI=1S/C18H18N2O3S/c1-22-11-10-17(21)19-13-6-8-14(9-7-13)23-12-18-20-15-4-2-3-5-16(15)24-18/h2-9H,10-12H2,1H3,(H,19,21). The second kappa shape index (κ2) is 7.90. The molecular formula is C18H18N2O3S. The van der Waals surface area contributed by atoms with Crippen LogP contribution in [0.15, 0.2) is 48.5 Å². The third kappa shape index (κ3) is 4.31. The molecule has 6 heteroatoms. The molecule has 0 saturated carbocycles. The van der Waals surface area contributed by atoms with Crippen LogP contribution in [0.5, 0.6) is 5.75 Å². The molecule has 1 heterocycles. The van der Waals surface area contributed by atoms with Gasteiger partial charge in [-0.15, -0.1) is 11.3 Å². The van der Waals surface area contributed by atoms with Crippen LogP contribution in [-0.2, 0) is 16.1 Å². The lowest BCUT2D eigenvalue weighted by Gasteiger charge is -2.07. The van der Waals surface area contributed by atoms with E-state index < -0.39 is 0 Å². The summed E-state index contributed by atoms with van der Waals surface area (Å²) in [6.07, 6.45) is 0.340. The molecule has 0 aliphatic heterocycles. The number of methoxy groups -OCH3 is 1. The van der Waals surface area contributed by atoms with Crippen molar-refractivity contribution in [2.45, 2.75) is 13.0 Å². The Bertz CT molecular complexity index is 782. The zero-order valence-electron chi connectivity index (χ0n) is 13.3. The summed E-state index contributed by atoms with van der Waals surface area (Å²) in [6, 6.07) is 15.3. The highest BCUT2D eigenvalue weighted by Crippen LogP contribution is 2.23. The van der Waals surface area contributed by atoms with Gasteiger partial charge in [-0.2, -0.15) is 0 Å². The van der Waals surface area contributed by atoms with Gasteiger partial charge in [0.1, 0.15) is 17.4 Å². The molecule has 3 rings (SSSR count). The van der Waals surface area contributed by atoms with E-state index in [0.29, 0.717) is 19.6 Å². The Hall–Kier alpha value is -2.44. The van der Waals surface area contributed by atoms with Gasteiger partial charge in [0, 0.05) is 12.8 Å². The summed E-state index contributed by atoms with van der Waals surface area (Å²) in [4.78, 5) is 16.2. The lowest BCUT2D eigenvalue weighted by atomic mass is 10.3. The van der Waals surface area contributed by atoms with Gasteiger partial charge in [0.2, 0.25) is 5.91 Å². The third-order valence-electron chi connectivity index (χ3n) is 3.37. The molecule has 124 valence electrons. The van der Waals surface area contributed by atoms with Gasteiger partial charge >= 0.3 is 0 Å². The number of hydrogen-bond donors (Lipinski definition) is 1. The summed E-state index contributed by atoms with van der Waals surface area (Å²) in [6.45, 7) is 0.841. The van der Waals surface area contributed by atoms with E-state index in [0.717, 1.165) is 26.7 Å². The van der Waals surface area contributed by atoms with Crippen LogP contribution in [0.4, 0.5) is 5.69 Å². The number of aromatic nitrogens is 1. The van der Waals surface area contributed by atoms with E-state index in [1.54, 1.807) is 18.4 Å². The van der Waals surface area contributed by atoms with Crippen molar-refractivity contribution in [3.8, 4) is 5.75 Å². The summed E-state index contributed by atoms with van der Waals surface area (Å²) >= 11 is 1.63. The maximum absolute atomic E-state index is 11.6. The van der Waals surface area contributed by atoms with Crippen LogP contribution >= 0.6 is 11.3 Å². The molecule has 0 unspecified atom stereocenters. The Balaban J connectivity index is 1.55. The lowest BCUT2D eigenvalue weighted by Crippen LogP contribution is -2.13. The first kappa shape index (κ1) is 16.4. The van der Waals surface area contributed by atoms with Crippen LogP contribution in [0.2, 0.25) is 0 Å². The van der Waals surface area contributed by atoms with Crippen molar-refractivity contribution in [3.63, 3.8) is 0 Å². The Morgan fingerprint density at radius 3 is 2.71 bits per heavy atom. The molecule has 24 heavy (non-hydrogen) atoms. The first-order valence-electron chi connectivity index (χ1n) is 7.61. The predicted octanol–water partition coefficient (Wildman–Crippen LogP) is 3.85. The largest absolute Gasteiger partial charge is 0.486 e. The number of nitrogens with one attached hydrogen (secondary N) is 1. The first-order chi connectivity index (χ1) is 11.7. The van der Waals surface area contributed by atoms with Crippen LogP contribution in [0.3, 0.4) is 0 Å². The van der Waals surface area contributed by atoms with Gasteiger partial charge < -0.3 is 14.8 Å². The molecule has 0 aliphatic rings. The van der Waals surface area contributed by atoms with Crippen molar-refractivity contribution in [3.05, 3.63) is 53.5 Å². The van der Waals surface area contributed by atoms with Crippen LogP contribution < -0.4 is 10.1 Å². The summed E-state index contributed by atoms with van der Waals surface area (Å²) in [5.41, 5.74) is 1.73. The van der Waals surface area contributed by atoms with Gasteiger partial charge in [0.15, 0.2) is 0 Å². The van der Waals surface area contributed by atoms with Gasteiger partial charge in [-0.3, -0.25) is 4.79 Å². The smallest absolute Gasteiger partial charge is 0.226 e. The second-order valence-corrected chi connectivity index (χ2v) is 6.29. The molecule has 5 nitrogen and oxygen atoms in total. The first-order valence-corrected chi connectivity index (χ1v) is 8.42. The number of hydrogen-bond acceptors (Lipinski definition) is 5. The number of fused-ring (bicyclic) bond motifs is 1. The minimum atomic E-state index is -0.0695. The summed E-state index contributed by atoms with van der Waals surface area (Å²) < 4.78 is 11.8.